The number of carbonyl (C=O) groups is 2. The molecule has 3 N–H and O–H groups in total. The number of carboxylic acids is 2. The van der Waals surface area contributed by atoms with Crippen molar-refractivity contribution in [1.29, 1.82) is 0 Å². The molecule has 6 nitrogen and oxygen atoms in total. The van der Waals surface area contributed by atoms with E-state index in [-0.39, 0.29) is 5.43 Å². The Morgan fingerprint density at radius 2 is 1.58 bits per heavy atom. The molecular weight excluding hydrogens is 250 g/mol. The maximum Gasteiger partial charge on any atom is 0.328 e. The molecule has 0 bridgehead atoms. The summed E-state index contributed by atoms with van der Waals surface area (Å²) in [5.41, 5.74) is 0.958. The van der Waals surface area contributed by atoms with Crippen LogP contribution in [0, 0.1) is 0 Å². The zero-order valence-corrected chi connectivity index (χ0v) is 9.74. The smallest absolute Gasteiger partial charge is 0.328 e. The lowest BCUT2D eigenvalue weighted by Crippen LogP contribution is -1.98. The minimum absolute atomic E-state index is 0.0688. The van der Waals surface area contributed by atoms with E-state index < -0.39 is 11.9 Å². The van der Waals surface area contributed by atoms with E-state index in [0.717, 1.165) is 10.9 Å². The quantitative estimate of drug-likeness (QED) is 0.705. The minimum atomic E-state index is -1.26. The zero-order chi connectivity index (χ0) is 14.3. The molecule has 0 atom stereocenters. The summed E-state index contributed by atoms with van der Waals surface area (Å²) in [5, 5.41) is 16.4. The number of hydrogen-bond donors (Lipinski definition) is 3. The van der Waals surface area contributed by atoms with Crippen molar-refractivity contribution in [2.45, 2.75) is 0 Å². The lowest BCUT2D eigenvalue weighted by atomic mass is 10.2. The van der Waals surface area contributed by atoms with E-state index in [1.165, 1.54) is 6.07 Å². The summed E-state index contributed by atoms with van der Waals surface area (Å²) < 4.78 is 0. The molecule has 0 saturated carbocycles. The molecule has 0 aliphatic carbocycles. The third-order valence-corrected chi connectivity index (χ3v) is 2.03. The molecule has 0 saturated heterocycles. The van der Waals surface area contributed by atoms with Crippen LogP contribution in [0.2, 0.25) is 0 Å². The van der Waals surface area contributed by atoms with Gasteiger partial charge < -0.3 is 15.2 Å². The Hall–Kier alpha value is -2.89. The van der Waals surface area contributed by atoms with Gasteiger partial charge in [-0.1, -0.05) is 12.1 Å². The third-order valence-electron chi connectivity index (χ3n) is 2.03. The Morgan fingerprint density at radius 1 is 1.00 bits per heavy atom. The first-order chi connectivity index (χ1) is 9.00. The Labute approximate surface area is 107 Å². The van der Waals surface area contributed by atoms with Gasteiger partial charge in [0.2, 0.25) is 0 Å². The van der Waals surface area contributed by atoms with Gasteiger partial charge in [0.1, 0.15) is 0 Å². The summed E-state index contributed by atoms with van der Waals surface area (Å²) in [6, 6.07) is 8.99. The predicted molar refractivity (Wildman–Crippen MR) is 69.0 cm³/mol. The number of aromatic nitrogens is 1. The second kappa shape index (κ2) is 6.75. The number of hydrogen-bond acceptors (Lipinski definition) is 3. The SMILES string of the molecule is O=C(O)/C=C/C(=O)O.O=c1cc[nH]c2ccccc12. The Bertz CT molecular complexity index is 651. The van der Waals surface area contributed by atoms with Crippen molar-refractivity contribution in [2.24, 2.45) is 0 Å². The molecule has 0 aliphatic rings. The van der Waals surface area contributed by atoms with Crippen LogP contribution in [0.4, 0.5) is 0 Å². The second-order valence-corrected chi connectivity index (χ2v) is 3.40. The van der Waals surface area contributed by atoms with E-state index in [9.17, 15) is 14.4 Å². The molecule has 0 aliphatic heterocycles. The standard InChI is InChI=1S/C9H7NO.C4H4O4/c11-9-5-6-10-8-4-2-1-3-7(8)9;5-3(6)1-2-4(7)8/h1-6H,(H,10,11);1-2H,(H,5,6)(H,7,8)/b;2-1+. The van der Waals surface area contributed by atoms with Gasteiger partial charge >= 0.3 is 11.9 Å². The van der Waals surface area contributed by atoms with E-state index >= 15 is 0 Å². The van der Waals surface area contributed by atoms with Gasteiger partial charge in [0.05, 0.1) is 0 Å². The third kappa shape index (κ3) is 4.86. The number of nitrogens with one attached hydrogen (secondary N) is 1. The summed E-state index contributed by atoms with van der Waals surface area (Å²) >= 11 is 0. The minimum Gasteiger partial charge on any atom is -0.478 e. The number of fused-ring (bicyclic) bond motifs is 1. The number of para-hydroxylation sites is 1. The fourth-order valence-electron chi connectivity index (χ4n) is 1.26. The monoisotopic (exact) mass is 261 g/mol. The van der Waals surface area contributed by atoms with Crippen molar-refractivity contribution < 1.29 is 19.8 Å². The van der Waals surface area contributed by atoms with Crippen LogP contribution in [0.1, 0.15) is 0 Å². The zero-order valence-electron chi connectivity index (χ0n) is 9.74. The fourth-order valence-corrected chi connectivity index (χ4v) is 1.26. The van der Waals surface area contributed by atoms with Crippen molar-refractivity contribution in [2.75, 3.05) is 0 Å². The highest BCUT2D eigenvalue weighted by Crippen LogP contribution is 2.03. The first-order valence-electron chi connectivity index (χ1n) is 5.21. The van der Waals surface area contributed by atoms with E-state index in [4.69, 9.17) is 10.2 Å². The maximum atomic E-state index is 11.2. The van der Waals surface area contributed by atoms with E-state index in [0.29, 0.717) is 12.2 Å². The molecule has 1 aromatic carbocycles. The van der Waals surface area contributed by atoms with Gasteiger partial charge in [0, 0.05) is 35.3 Å². The average molecular weight is 261 g/mol. The number of pyridine rings is 1. The molecule has 6 heteroatoms. The summed E-state index contributed by atoms with van der Waals surface area (Å²) in [6.07, 6.45) is 2.77. The Morgan fingerprint density at radius 3 is 2.11 bits per heavy atom. The number of rotatable bonds is 2. The van der Waals surface area contributed by atoms with Crippen LogP contribution in [-0.2, 0) is 9.59 Å². The molecule has 19 heavy (non-hydrogen) atoms. The van der Waals surface area contributed by atoms with Crippen LogP contribution in [0.25, 0.3) is 10.9 Å². The molecule has 2 aromatic rings. The van der Waals surface area contributed by atoms with Crippen molar-refractivity contribution in [3.63, 3.8) is 0 Å². The molecule has 0 fully saturated rings. The lowest BCUT2D eigenvalue weighted by molar-refractivity contribution is -0.134. The van der Waals surface area contributed by atoms with E-state index in [2.05, 4.69) is 4.98 Å². The van der Waals surface area contributed by atoms with Crippen LogP contribution in [0.3, 0.4) is 0 Å². The molecular formula is C13H11NO5. The molecule has 0 radical (unpaired) electrons. The number of aliphatic carboxylic acids is 2. The molecule has 1 heterocycles. The van der Waals surface area contributed by atoms with Gasteiger partial charge in [-0.3, -0.25) is 4.79 Å². The first-order valence-corrected chi connectivity index (χ1v) is 5.21. The van der Waals surface area contributed by atoms with Gasteiger partial charge in [-0.25, -0.2) is 9.59 Å². The fraction of sp³-hybridized carbons (Fsp3) is 0. The van der Waals surface area contributed by atoms with Crippen LogP contribution in [0.15, 0.2) is 53.5 Å². The predicted octanol–water partition coefficient (Wildman–Crippen LogP) is 1.24. The normalized spacial score (nSPS) is 9.89. The highest BCUT2D eigenvalue weighted by atomic mass is 16.4. The molecule has 1 aromatic heterocycles. The van der Waals surface area contributed by atoms with Crippen molar-refractivity contribution >= 4 is 22.8 Å². The van der Waals surface area contributed by atoms with Crippen LogP contribution in [0.5, 0.6) is 0 Å². The number of H-pyrrole nitrogens is 1. The van der Waals surface area contributed by atoms with Gasteiger partial charge in [-0.2, -0.15) is 0 Å². The van der Waals surface area contributed by atoms with E-state index in [1.54, 1.807) is 6.20 Å². The molecule has 0 unspecified atom stereocenters. The lowest BCUT2D eigenvalue weighted by Gasteiger charge is -1.92. The van der Waals surface area contributed by atoms with Gasteiger partial charge in [0.15, 0.2) is 5.43 Å². The number of benzene rings is 1. The van der Waals surface area contributed by atoms with Gasteiger partial charge in [0.25, 0.3) is 0 Å². The average Bonchev–Trinajstić information content (AvgIpc) is 2.38. The Kier molecular flexibility index (Phi) is 5.04. The first kappa shape index (κ1) is 14.2. The van der Waals surface area contributed by atoms with Crippen LogP contribution < -0.4 is 5.43 Å². The summed E-state index contributed by atoms with van der Waals surface area (Å²) in [4.78, 5) is 33.3. The number of carboxylic acid groups (broad SMARTS) is 2. The Balaban J connectivity index is 0.000000203. The van der Waals surface area contributed by atoms with Crippen molar-refractivity contribution in [3.8, 4) is 0 Å². The molecule has 0 amide bonds. The molecule has 98 valence electrons. The molecule has 2 rings (SSSR count). The highest BCUT2D eigenvalue weighted by Gasteiger charge is 1.92. The van der Waals surface area contributed by atoms with Crippen LogP contribution in [-0.4, -0.2) is 27.1 Å². The largest absolute Gasteiger partial charge is 0.478 e. The second-order valence-electron chi connectivity index (χ2n) is 3.40. The number of aromatic amines is 1. The molecule has 0 spiro atoms. The topological polar surface area (TPSA) is 107 Å². The van der Waals surface area contributed by atoms with Crippen molar-refractivity contribution in [1.82, 2.24) is 4.98 Å². The summed E-state index contributed by atoms with van der Waals surface area (Å²) in [5.74, 6) is -2.51. The van der Waals surface area contributed by atoms with Crippen molar-refractivity contribution in [3.05, 3.63) is 58.9 Å². The van der Waals surface area contributed by atoms with Crippen LogP contribution >= 0.6 is 0 Å². The highest BCUT2D eigenvalue weighted by molar-refractivity contribution is 5.89. The summed E-state index contributed by atoms with van der Waals surface area (Å²) in [7, 11) is 0. The maximum absolute atomic E-state index is 11.2. The van der Waals surface area contributed by atoms with Gasteiger partial charge in [-0.15, -0.1) is 0 Å². The van der Waals surface area contributed by atoms with Gasteiger partial charge in [-0.05, 0) is 12.1 Å². The van der Waals surface area contributed by atoms with E-state index in [1.807, 2.05) is 24.3 Å². The summed E-state index contributed by atoms with van der Waals surface area (Å²) in [6.45, 7) is 0.